The Kier molecular flexibility index (Phi) is 3.75. The zero-order valence-corrected chi connectivity index (χ0v) is 10.0. The van der Waals surface area contributed by atoms with Crippen LogP contribution in [0, 0.1) is 0 Å². The Bertz CT molecular complexity index is 612. The number of hydrogen-bond donors (Lipinski definition) is 2. The van der Waals surface area contributed by atoms with Crippen LogP contribution in [-0.4, -0.2) is 11.2 Å². The van der Waals surface area contributed by atoms with Gasteiger partial charge in [-0.2, -0.15) is 5.10 Å². The topological polar surface area (TPSA) is 112 Å². The van der Waals surface area contributed by atoms with Crippen molar-refractivity contribution >= 4 is 34.2 Å². The standard InChI is InChI=1S/C10H9N7S/c11-9-6-18-10(14-9)16-13-5-7-3-1-2-4-8(7)15-17-12/h1-6H,11H2,(H,14,16). The normalized spacial score (nSPS) is 10.2. The average Bonchev–Trinajstić information content (AvgIpc) is 2.78. The molecule has 1 aromatic carbocycles. The molecular formula is C10H9N7S. The van der Waals surface area contributed by atoms with Crippen LogP contribution >= 0.6 is 11.3 Å². The first-order chi connectivity index (χ1) is 8.79. The summed E-state index contributed by atoms with van der Waals surface area (Å²) in [6.45, 7) is 0. The summed E-state index contributed by atoms with van der Waals surface area (Å²) in [7, 11) is 0. The fourth-order valence-corrected chi connectivity index (χ4v) is 1.78. The second-order valence-corrected chi connectivity index (χ2v) is 4.05. The van der Waals surface area contributed by atoms with Gasteiger partial charge in [0.05, 0.1) is 6.21 Å². The van der Waals surface area contributed by atoms with Gasteiger partial charge in [-0.05, 0) is 5.53 Å². The van der Waals surface area contributed by atoms with Gasteiger partial charge in [-0.1, -0.05) is 29.4 Å². The predicted molar refractivity (Wildman–Crippen MR) is 73.0 cm³/mol. The molecule has 3 N–H and O–H groups in total. The highest BCUT2D eigenvalue weighted by molar-refractivity contribution is 7.14. The minimum atomic E-state index is 0.451. The summed E-state index contributed by atoms with van der Waals surface area (Å²) in [6, 6.07) is 7.13. The zero-order chi connectivity index (χ0) is 12.8. The number of hydrogen-bond acceptors (Lipinski definition) is 6. The van der Waals surface area contributed by atoms with Gasteiger partial charge in [-0.3, -0.25) is 5.43 Å². The van der Waals surface area contributed by atoms with Gasteiger partial charge in [0.25, 0.3) is 0 Å². The Labute approximate surface area is 107 Å². The highest BCUT2D eigenvalue weighted by atomic mass is 32.1. The summed E-state index contributed by atoms with van der Waals surface area (Å²) in [5.41, 5.74) is 17.9. The van der Waals surface area contributed by atoms with Gasteiger partial charge in [0.2, 0.25) is 5.13 Å². The van der Waals surface area contributed by atoms with E-state index in [2.05, 4.69) is 25.5 Å². The molecule has 2 rings (SSSR count). The maximum Gasteiger partial charge on any atom is 0.205 e. The Morgan fingerprint density at radius 2 is 2.28 bits per heavy atom. The molecule has 1 aromatic heterocycles. The molecule has 0 atom stereocenters. The highest BCUT2D eigenvalue weighted by Gasteiger charge is 1.97. The first-order valence-electron chi connectivity index (χ1n) is 4.94. The molecule has 0 aliphatic rings. The summed E-state index contributed by atoms with van der Waals surface area (Å²) in [5, 5.41) is 9.88. The molecule has 1 heterocycles. The first-order valence-corrected chi connectivity index (χ1v) is 5.82. The quantitative estimate of drug-likeness (QED) is 0.289. The number of aromatic nitrogens is 1. The first kappa shape index (κ1) is 11.9. The van der Waals surface area contributed by atoms with Gasteiger partial charge in [-0.15, -0.1) is 11.3 Å². The van der Waals surface area contributed by atoms with Crippen LogP contribution in [0.2, 0.25) is 0 Å². The smallest absolute Gasteiger partial charge is 0.205 e. The summed E-state index contributed by atoms with van der Waals surface area (Å²) >= 11 is 1.36. The number of nitrogens with zero attached hydrogens (tertiary/aromatic N) is 5. The Morgan fingerprint density at radius 3 is 3.00 bits per heavy atom. The van der Waals surface area contributed by atoms with Crippen LogP contribution in [0.3, 0.4) is 0 Å². The van der Waals surface area contributed by atoms with Crippen LogP contribution in [0.5, 0.6) is 0 Å². The summed E-state index contributed by atoms with van der Waals surface area (Å²) < 4.78 is 0. The minimum absolute atomic E-state index is 0.451. The number of nitrogens with one attached hydrogen (secondary N) is 1. The van der Waals surface area contributed by atoms with Crippen LogP contribution in [0.1, 0.15) is 5.56 Å². The molecule has 0 unspecified atom stereocenters. The molecule has 2 aromatic rings. The second kappa shape index (κ2) is 5.67. The van der Waals surface area contributed by atoms with Crippen LogP contribution < -0.4 is 11.2 Å². The molecule has 0 saturated carbocycles. The monoisotopic (exact) mass is 259 g/mol. The summed E-state index contributed by atoms with van der Waals surface area (Å²) in [5.74, 6) is 0.451. The SMILES string of the molecule is [N-]=[N+]=Nc1ccccc1C=NNc1nc(N)cs1. The number of rotatable bonds is 4. The number of thiazole rings is 1. The lowest BCUT2D eigenvalue weighted by Crippen LogP contribution is -1.91. The van der Waals surface area contributed by atoms with Gasteiger partial charge in [-0.25, -0.2) is 4.98 Å². The van der Waals surface area contributed by atoms with Crippen molar-refractivity contribution in [2.24, 2.45) is 10.2 Å². The van der Waals surface area contributed by atoms with E-state index in [0.29, 0.717) is 22.2 Å². The zero-order valence-electron chi connectivity index (χ0n) is 9.19. The number of hydrazone groups is 1. The molecule has 0 aliphatic carbocycles. The maximum absolute atomic E-state index is 8.43. The van der Waals surface area contributed by atoms with E-state index in [0.717, 1.165) is 0 Å². The Hall–Kier alpha value is -2.57. The molecule has 90 valence electrons. The van der Waals surface area contributed by atoms with Gasteiger partial charge >= 0.3 is 0 Å². The van der Waals surface area contributed by atoms with E-state index in [9.17, 15) is 0 Å². The third-order valence-electron chi connectivity index (χ3n) is 1.97. The molecule has 0 bridgehead atoms. The van der Waals surface area contributed by atoms with E-state index in [1.807, 2.05) is 6.07 Å². The maximum atomic E-state index is 8.43. The van der Waals surface area contributed by atoms with E-state index in [1.54, 1.807) is 29.8 Å². The lowest BCUT2D eigenvalue weighted by atomic mass is 10.2. The minimum Gasteiger partial charge on any atom is -0.383 e. The third kappa shape index (κ3) is 2.97. The van der Waals surface area contributed by atoms with Crippen LogP contribution in [0.15, 0.2) is 39.9 Å². The van der Waals surface area contributed by atoms with Gasteiger partial charge in [0.15, 0.2) is 0 Å². The van der Waals surface area contributed by atoms with E-state index in [4.69, 9.17) is 11.3 Å². The van der Waals surface area contributed by atoms with Crippen LogP contribution in [-0.2, 0) is 0 Å². The fraction of sp³-hybridized carbons (Fsp3) is 0. The number of nitrogens with two attached hydrogens (primary N) is 1. The summed E-state index contributed by atoms with van der Waals surface area (Å²) in [6.07, 6.45) is 1.56. The van der Waals surface area contributed by atoms with Gasteiger partial charge in [0, 0.05) is 21.5 Å². The summed E-state index contributed by atoms with van der Waals surface area (Å²) in [4.78, 5) is 6.74. The van der Waals surface area contributed by atoms with Crippen molar-refractivity contribution in [1.29, 1.82) is 0 Å². The van der Waals surface area contributed by atoms with Crippen molar-refractivity contribution < 1.29 is 0 Å². The van der Waals surface area contributed by atoms with Crippen molar-refractivity contribution in [3.63, 3.8) is 0 Å². The van der Waals surface area contributed by atoms with E-state index >= 15 is 0 Å². The van der Waals surface area contributed by atoms with Gasteiger partial charge in [0.1, 0.15) is 5.82 Å². The van der Waals surface area contributed by atoms with Crippen LogP contribution in [0.4, 0.5) is 16.6 Å². The van der Waals surface area contributed by atoms with Crippen molar-refractivity contribution in [3.8, 4) is 0 Å². The molecule has 0 aliphatic heterocycles. The fourth-order valence-electron chi connectivity index (χ4n) is 1.23. The molecule has 0 spiro atoms. The molecular weight excluding hydrogens is 250 g/mol. The van der Waals surface area contributed by atoms with Gasteiger partial charge < -0.3 is 5.73 Å². The second-order valence-electron chi connectivity index (χ2n) is 3.20. The molecule has 0 radical (unpaired) electrons. The van der Waals surface area contributed by atoms with Crippen molar-refractivity contribution in [2.75, 3.05) is 11.2 Å². The largest absolute Gasteiger partial charge is 0.383 e. The van der Waals surface area contributed by atoms with E-state index in [-0.39, 0.29) is 0 Å². The molecule has 0 fully saturated rings. The average molecular weight is 259 g/mol. The Morgan fingerprint density at radius 1 is 1.44 bits per heavy atom. The highest BCUT2D eigenvalue weighted by Crippen LogP contribution is 2.18. The third-order valence-corrected chi connectivity index (χ3v) is 2.74. The van der Waals surface area contributed by atoms with Crippen molar-refractivity contribution in [3.05, 3.63) is 45.7 Å². The number of azide groups is 1. The van der Waals surface area contributed by atoms with E-state index < -0.39 is 0 Å². The molecule has 0 amide bonds. The van der Waals surface area contributed by atoms with E-state index in [1.165, 1.54) is 11.3 Å². The number of anilines is 2. The number of nitrogen functional groups attached to an aromatic ring is 1. The molecule has 8 heteroatoms. The molecule has 18 heavy (non-hydrogen) atoms. The molecule has 7 nitrogen and oxygen atoms in total. The predicted octanol–water partition coefficient (Wildman–Crippen LogP) is 3.11. The lowest BCUT2D eigenvalue weighted by molar-refractivity contribution is 1.29. The number of benzene rings is 1. The van der Waals surface area contributed by atoms with Crippen molar-refractivity contribution in [2.45, 2.75) is 0 Å². The van der Waals surface area contributed by atoms with Crippen LogP contribution in [0.25, 0.3) is 10.4 Å². The molecule has 0 saturated heterocycles. The van der Waals surface area contributed by atoms with Crippen molar-refractivity contribution in [1.82, 2.24) is 4.98 Å². The lowest BCUT2D eigenvalue weighted by Gasteiger charge is -1.97. The Balaban J connectivity index is 2.11.